The predicted molar refractivity (Wildman–Crippen MR) is 76.1 cm³/mol. The number of rotatable bonds is 3. The van der Waals surface area contributed by atoms with Crippen molar-refractivity contribution in [3.63, 3.8) is 0 Å². The van der Waals surface area contributed by atoms with E-state index in [-0.39, 0.29) is 29.6 Å². The highest BCUT2D eigenvalue weighted by atomic mass is 16.4. The second-order valence-corrected chi connectivity index (χ2v) is 6.03. The Morgan fingerprint density at radius 3 is 2.68 bits per heavy atom. The van der Waals surface area contributed by atoms with Crippen LogP contribution in [0.15, 0.2) is 18.3 Å². The van der Waals surface area contributed by atoms with E-state index in [1.807, 2.05) is 0 Å². The second kappa shape index (κ2) is 5.08. The first-order valence-corrected chi connectivity index (χ1v) is 7.22. The number of primary amides is 1. The molecule has 116 valence electrons. The van der Waals surface area contributed by atoms with Crippen LogP contribution in [0.2, 0.25) is 0 Å². The van der Waals surface area contributed by atoms with Gasteiger partial charge >= 0.3 is 5.97 Å². The number of carboxylic acids is 1. The van der Waals surface area contributed by atoms with Crippen LogP contribution >= 0.6 is 0 Å². The van der Waals surface area contributed by atoms with E-state index in [9.17, 15) is 19.5 Å². The van der Waals surface area contributed by atoms with Gasteiger partial charge in [-0.15, -0.1) is 0 Å². The third kappa shape index (κ3) is 2.13. The summed E-state index contributed by atoms with van der Waals surface area (Å²) in [5.41, 5.74) is 4.77. The van der Waals surface area contributed by atoms with Gasteiger partial charge in [-0.1, -0.05) is 6.42 Å². The Kier molecular flexibility index (Phi) is 3.35. The summed E-state index contributed by atoms with van der Waals surface area (Å²) in [5, 5.41) is 9.54. The molecule has 1 saturated heterocycles. The molecule has 0 bridgehead atoms. The van der Waals surface area contributed by atoms with Crippen molar-refractivity contribution in [1.82, 2.24) is 9.88 Å². The van der Waals surface area contributed by atoms with Crippen LogP contribution in [0.1, 0.15) is 40.1 Å². The number of carbonyl (C=O) groups is 3. The van der Waals surface area contributed by atoms with Crippen LogP contribution in [0.3, 0.4) is 0 Å². The number of carboxylic acid groups (broad SMARTS) is 1. The number of aromatic nitrogens is 1. The van der Waals surface area contributed by atoms with E-state index in [1.165, 1.54) is 18.3 Å². The summed E-state index contributed by atoms with van der Waals surface area (Å²) in [7, 11) is 0. The van der Waals surface area contributed by atoms with E-state index in [2.05, 4.69) is 4.98 Å². The number of likely N-dealkylation sites (tertiary alicyclic amines) is 1. The Hall–Kier alpha value is -2.44. The molecular weight excluding hydrogens is 286 g/mol. The van der Waals surface area contributed by atoms with Crippen LogP contribution in [0, 0.1) is 11.3 Å². The molecule has 2 amide bonds. The van der Waals surface area contributed by atoms with Gasteiger partial charge in [0.1, 0.15) is 5.69 Å². The number of fused-ring (bicyclic) bond motifs is 1. The van der Waals surface area contributed by atoms with E-state index in [1.54, 1.807) is 4.90 Å². The summed E-state index contributed by atoms with van der Waals surface area (Å²) in [6.07, 6.45) is 3.61. The minimum atomic E-state index is -0.817. The fourth-order valence-electron chi connectivity index (χ4n) is 3.62. The molecule has 7 nitrogen and oxygen atoms in total. The molecule has 1 aliphatic heterocycles. The van der Waals surface area contributed by atoms with Crippen LogP contribution in [-0.2, 0) is 4.79 Å². The monoisotopic (exact) mass is 303 g/mol. The lowest BCUT2D eigenvalue weighted by Gasteiger charge is -2.23. The van der Waals surface area contributed by atoms with E-state index in [0.29, 0.717) is 13.0 Å². The molecular formula is C15H17N3O4. The highest BCUT2D eigenvalue weighted by Gasteiger charge is 2.55. The van der Waals surface area contributed by atoms with Gasteiger partial charge in [-0.3, -0.25) is 19.4 Å². The zero-order valence-electron chi connectivity index (χ0n) is 12.0. The van der Waals surface area contributed by atoms with Gasteiger partial charge in [-0.25, -0.2) is 0 Å². The summed E-state index contributed by atoms with van der Waals surface area (Å²) in [5.74, 6) is -1.71. The van der Waals surface area contributed by atoms with Crippen molar-refractivity contribution in [2.75, 3.05) is 13.1 Å². The van der Waals surface area contributed by atoms with Crippen LogP contribution in [0.25, 0.3) is 0 Å². The van der Waals surface area contributed by atoms with Crippen molar-refractivity contribution >= 4 is 17.8 Å². The van der Waals surface area contributed by atoms with Crippen molar-refractivity contribution in [1.29, 1.82) is 0 Å². The number of aliphatic carboxylic acids is 1. The molecule has 1 aliphatic carbocycles. The first-order chi connectivity index (χ1) is 10.4. The lowest BCUT2D eigenvalue weighted by atomic mass is 9.81. The normalized spacial score (nSPS) is 26.7. The Morgan fingerprint density at radius 1 is 1.36 bits per heavy atom. The van der Waals surface area contributed by atoms with Crippen LogP contribution in [0.5, 0.6) is 0 Å². The third-order valence-electron chi connectivity index (χ3n) is 4.85. The fraction of sp³-hybridized carbons (Fsp3) is 0.467. The number of amides is 2. The standard InChI is InChI=1S/C15H17N3O4/c16-12(19)9-3-4-11(17-6-9)13(20)18-7-10-2-1-5-15(10,8-18)14(21)22/h3-4,6,10H,1-2,5,7-8H2,(H2,16,19)(H,21,22)/t10-,15+/m0/s1. The highest BCUT2D eigenvalue weighted by molar-refractivity contribution is 5.96. The number of hydrogen-bond acceptors (Lipinski definition) is 4. The average molecular weight is 303 g/mol. The van der Waals surface area contributed by atoms with Crippen molar-refractivity contribution < 1.29 is 19.5 Å². The molecule has 0 aromatic carbocycles. The number of nitrogens with zero attached hydrogens (tertiary/aromatic N) is 2. The summed E-state index contributed by atoms with van der Waals surface area (Å²) in [6, 6.07) is 2.90. The molecule has 2 atom stereocenters. The lowest BCUT2D eigenvalue weighted by molar-refractivity contribution is -0.149. The molecule has 0 radical (unpaired) electrons. The number of nitrogens with two attached hydrogens (primary N) is 1. The minimum absolute atomic E-state index is 0.0128. The van der Waals surface area contributed by atoms with E-state index in [4.69, 9.17) is 5.73 Å². The van der Waals surface area contributed by atoms with Gasteiger partial charge in [-0.05, 0) is 30.9 Å². The smallest absolute Gasteiger partial charge is 0.311 e. The molecule has 3 N–H and O–H groups in total. The minimum Gasteiger partial charge on any atom is -0.481 e. The molecule has 1 aromatic heterocycles. The Bertz CT molecular complexity index is 643. The zero-order valence-corrected chi connectivity index (χ0v) is 12.0. The quantitative estimate of drug-likeness (QED) is 0.844. The van der Waals surface area contributed by atoms with E-state index in [0.717, 1.165) is 12.8 Å². The summed E-state index contributed by atoms with van der Waals surface area (Å²) in [4.78, 5) is 40.6. The molecule has 1 saturated carbocycles. The average Bonchev–Trinajstić information content (AvgIpc) is 3.04. The van der Waals surface area contributed by atoms with Crippen molar-refractivity contribution in [2.24, 2.45) is 17.1 Å². The summed E-state index contributed by atoms with van der Waals surface area (Å²) >= 11 is 0. The predicted octanol–water partition coefficient (Wildman–Crippen LogP) is 0.507. The first kappa shape index (κ1) is 14.5. The highest BCUT2D eigenvalue weighted by Crippen LogP contribution is 2.49. The molecule has 2 heterocycles. The molecule has 22 heavy (non-hydrogen) atoms. The van der Waals surface area contributed by atoms with Gasteiger partial charge in [0, 0.05) is 19.3 Å². The van der Waals surface area contributed by atoms with Gasteiger partial charge in [0.15, 0.2) is 0 Å². The van der Waals surface area contributed by atoms with Crippen molar-refractivity contribution in [3.8, 4) is 0 Å². The topological polar surface area (TPSA) is 114 Å². The Labute approximate surface area is 127 Å². The molecule has 3 rings (SSSR count). The molecule has 0 unspecified atom stereocenters. The molecule has 2 fully saturated rings. The summed E-state index contributed by atoms with van der Waals surface area (Å²) < 4.78 is 0. The maximum Gasteiger partial charge on any atom is 0.311 e. The van der Waals surface area contributed by atoms with Crippen LogP contribution in [0.4, 0.5) is 0 Å². The van der Waals surface area contributed by atoms with Gasteiger partial charge < -0.3 is 15.7 Å². The van der Waals surface area contributed by atoms with Crippen LogP contribution in [-0.4, -0.2) is 45.9 Å². The Morgan fingerprint density at radius 2 is 2.14 bits per heavy atom. The molecule has 1 aromatic rings. The van der Waals surface area contributed by atoms with Gasteiger partial charge in [-0.2, -0.15) is 0 Å². The summed E-state index contributed by atoms with van der Waals surface area (Å²) in [6.45, 7) is 0.676. The molecule has 7 heteroatoms. The number of hydrogen-bond donors (Lipinski definition) is 2. The largest absolute Gasteiger partial charge is 0.481 e. The number of pyridine rings is 1. The second-order valence-electron chi connectivity index (χ2n) is 6.03. The van der Waals surface area contributed by atoms with Gasteiger partial charge in [0.2, 0.25) is 5.91 Å². The Balaban J connectivity index is 1.79. The zero-order chi connectivity index (χ0) is 15.9. The van der Waals surface area contributed by atoms with Gasteiger partial charge in [0.05, 0.1) is 11.0 Å². The molecule has 0 spiro atoms. The maximum atomic E-state index is 12.5. The fourth-order valence-corrected chi connectivity index (χ4v) is 3.62. The van der Waals surface area contributed by atoms with Gasteiger partial charge in [0.25, 0.3) is 5.91 Å². The van der Waals surface area contributed by atoms with E-state index >= 15 is 0 Å². The molecule has 2 aliphatic rings. The first-order valence-electron chi connectivity index (χ1n) is 7.22. The maximum absolute atomic E-state index is 12.5. The van der Waals surface area contributed by atoms with Crippen LogP contribution < -0.4 is 5.73 Å². The van der Waals surface area contributed by atoms with Crippen molar-refractivity contribution in [2.45, 2.75) is 19.3 Å². The lowest BCUT2D eigenvalue weighted by Crippen LogP contribution is -2.37. The van der Waals surface area contributed by atoms with E-state index < -0.39 is 17.3 Å². The van der Waals surface area contributed by atoms with Crippen molar-refractivity contribution in [3.05, 3.63) is 29.6 Å². The SMILES string of the molecule is NC(=O)c1ccc(C(=O)N2C[C@@H]3CCC[C@@]3(C(=O)O)C2)nc1. The number of carbonyl (C=O) groups excluding carboxylic acids is 2. The third-order valence-corrected chi connectivity index (χ3v) is 4.85.